The number of nitrogens with zero attached hydrogens (tertiary/aromatic N) is 4. The number of nitrogens with one attached hydrogen (secondary N) is 1. The van der Waals surface area contributed by atoms with Crippen LogP contribution in [0.4, 0.5) is 4.39 Å². The molecular formula is C11H12FN5. The molecule has 88 valence electrons. The van der Waals surface area contributed by atoms with Gasteiger partial charge in [-0.25, -0.2) is 9.37 Å². The molecule has 2 aromatic heterocycles. The number of aromatic nitrogens is 4. The van der Waals surface area contributed by atoms with E-state index in [2.05, 4.69) is 32.0 Å². The zero-order valence-corrected chi connectivity index (χ0v) is 9.39. The minimum Gasteiger partial charge on any atom is -0.308 e. The van der Waals surface area contributed by atoms with Gasteiger partial charge in [-0.15, -0.1) is 10.2 Å². The second-order valence-electron chi connectivity index (χ2n) is 4.15. The zero-order valence-electron chi connectivity index (χ0n) is 9.39. The topological polar surface area (TPSA) is 55.6 Å². The molecule has 1 N–H and O–H groups in total. The van der Waals surface area contributed by atoms with Gasteiger partial charge in [0.2, 0.25) is 0 Å². The molecule has 0 radical (unpaired) electrons. The van der Waals surface area contributed by atoms with E-state index in [-0.39, 0.29) is 11.9 Å². The Morgan fingerprint density at radius 1 is 1.41 bits per heavy atom. The van der Waals surface area contributed by atoms with Crippen LogP contribution in [0.15, 0.2) is 18.3 Å². The number of rotatable bonds is 1. The van der Waals surface area contributed by atoms with Gasteiger partial charge in [-0.05, 0) is 19.1 Å². The van der Waals surface area contributed by atoms with Gasteiger partial charge in [-0.1, -0.05) is 0 Å². The van der Waals surface area contributed by atoms with Crippen LogP contribution in [0.5, 0.6) is 0 Å². The van der Waals surface area contributed by atoms with Crippen molar-refractivity contribution in [3.63, 3.8) is 0 Å². The molecule has 1 aliphatic rings. The van der Waals surface area contributed by atoms with E-state index in [1.165, 1.54) is 12.3 Å². The third-order valence-corrected chi connectivity index (χ3v) is 2.89. The zero-order chi connectivity index (χ0) is 11.8. The largest absolute Gasteiger partial charge is 0.308 e. The standard InChI is InChI=1S/C11H12FN5/c1-7-4-13-6-10-15-16-11(17(7)10)9-3-2-8(12)5-14-9/h2-3,5,7,13H,4,6H2,1H3. The third-order valence-electron chi connectivity index (χ3n) is 2.89. The van der Waals surface area contributed by atoms with Crippen molar-refractivity contribution in [3.8, 4) is 11.5 Å². The van der Waals surface area contributed by atoms with E-state index in [1.807, 2.05) is 0 Å². The summed E-state index contributed by atoms with van der Waals surface area (Å²) < 4.78 is 14.9. The van der Waals surface area contributed by atoms with E-state index in [9.17, 15) is 4.39 Å². The van der Waals surface area contributed by atoms with Gasteiger partial charge in [0.1, 0.15) is 17.3 Å². The molecule has 0 bridgehead atoms. The van der Waals surface area contributed by atoms with Crippen molar-refractivity contribution in [2.75, 3.05) is 6.54 Å². The van der Waals surface area contributed by atoms with E-state index in [0.717, 1.165) is 12.4 Å². The highest BCUT2D eigenvalue weighted by molar-refractivity contribution is 5.49. The van der Waals surface area contributed by atoms with Crippen molar-refractivity contribution in [2.24, 2.45) is 0 Å². The van der Waals surface area contributed by atoms with Crippen LogP contribution in [-0.2, 0) is 6.54 Å². The van der Waals surface area contributed by atoms with Gasteiger partial charge in [-0.3, -0.25) is 0 Å². The maximum atomic E-state index is 12.8. The number of hydrogen-bond donors (Lipinski definition) is 1. The monoisotopic (exact) mass is 233 g/mol. The molecular weight excluding hydrogens is 221 g/mol. The summed E-state index contributed by atoms with van der Waals surface area (Å²) in [6, 6.07) is 3.28. The van der Waals surface area contributed by atoms with Gasteiger partial charge in [0, 0.05) is 12.6 Å². The summed E-state index contributed by atoms with van der Waals surface area (Å²) in [6.45, 7) is 3.67. The molecule has 3 rings (SSSR count). The third kappa shape index (κ3) is 1.70. The van der Waals surface area contributed by atoms with Crippen molar-refractivity contribution in [1.29, 1.82) is 0 Å². The Hall–Kier alpha value is -1.82. The summed E-state index contributed by atoms with van der Waals surface area (Å²) in [5.74, 6) is 1.25. The highest BCUT2D eigenvalue weighted by Crippen LogP contribution is 2.22. The number of pyridine rings is 1. The van der Waals surface area contributed by atoms with Gasteiger partial charge in [-0.2, -0.15) is 0 Å². The van der Waals surface area contributed by atoms with E-state index in [0.29, 0.717) is 18.1 Å². The van der Waals surface area contributed by atoms with Crippen molar-refractivity contribution < 1.29 is 4.39 Å². The first-order chi connectivity index (χ1) is 8.25. The summed E-state index contributed by atoms with van der Waals surface area (Å²) in [4.78, 5) is 4.04. The van der Waals surface area contributed by atoms with E-state index < -0.39 is 0 Å². The normalized spacial score (nSPS) is 19.1. The van der Waals surface area contributed by atoms with E-state index in [4.69, 9.17) is 0 Å². The minimum absolute atomic E-state index is 0.274. The molecule has 3 heterocycles. The molecule has 0 aromatic carbocycles. The van der Waals surface area contributed by atoms with Gasteiger partial charge in [0.15, 0.2) is 5.82 Å². The average Bonchev–Trinajstić information content (AvgIpc) is 2.75. The Morgan fingerprint density at radius 3 is 3.06 bits per heavy atom. The predicted octanol–water partition coefficient (Wildman–Crippen LogP) is 1.14. The molecule has 0 aliphatic carbocycles. The van der Waals surface area contributed by atoms with Crippen molar-refractivity contribution in [3.05, 3.63) is 30.0 Å². The van der Waals surface area contributed by atoms with Crippen LogP contribution in [0.3, 0.4) is 0 Å². The molecule has 0 saturated heterocycles. The number of fused-ring (bicyclic) bond motifs is 1. The Labute approximate surface area is 97.7 Å². The van der Waals surface area contributed by atoms with Crippen LogP contribution in [-0.4, -0.2) is 26.3 Å². The fourth-order valence-corrected chi connectivity index (χ4v) is 2.07. The summed E-state index contributed by atoms with van der Waals surface area (Å²) in [5.41, 5.74) is 0.652. The number of halogens is 1. The minimum atomic E-state index is -0.346. The number of hydrogen-bond acceptors (Lipinski definition) is 4. The lowest BCUT2D eigenvalue weighted by Gasteiger charge is -2.23. The van der Waals surface area contributed by atoms with Gasteiger partial charge < -0.3 is 9.88 Å². The lowest BCUT2D eigenvalue weighted by Crippen LogP contribution is -2.32. The van der Waals surface area contributed by atoms with E-state index in [1.54, 1.807) is 6.07 Å². The van der Waals surface area contributed by atoms with Crippen LogP contribution < -0.4 is 5.32 Å². The highest BCUT2D eigenvalue weighted by atomic mass is 19.1. The SMILES string of the molecule is CC1CNCc2nnc(-c3ccc(F)cn3)n21. The molecule has 2 aromatic rings. The lowest BCUT2D eigenvalue weighted by atomic mass is 10.2. The maximum absolute atomic E-state index is 12.8. The lowest BCUT2D eigenvalue weighted by molar-refractivity contribution is 0.424. The van der Waals surface area contributed by atoms with Gasteiger partial charge in [0.25, 0.3) is 0 Å². The van der Waals surface area contributed by atoms with Crippen LogP contribution in [0, 0.1) is 5.82 Å². The Balaban J connectivity index is 2.09. The molecule has 1 aliphatic heterocycles. The summed E-state index contributed by atoms with van der Waals surface area (Å²) in [7, 11) is 0. The molecule has 1 atom stereocenters. The van der Waals surface area contributed by atoms with Crippen LogP contribution in [0.1, 0.15) is 18.8 Å². The summed E-state index contributed by atoms with van der Waals surface area (Å²) in [5, 5.41) is 11.5. The van der Waals surface area contributed by atoms with Crippen molar-refractivity contribution in [1.82, 2.24) is 25.1 Å². The van der Waals surface area contributed by atoms with Crippen LogP contribution >= 0.6 is 0 Å². The molecule has 5 nitrogen and oxygen atoms in total. The first kappa shape index (κ1) is 10.3. The quantitative estimate of drug-likeness (QED) is 0.802. The van der Waals surface area contributed by atoms with Crippen molar-refractivity contribution in [2.45, 2.75) is 19.5 Å². The molecule has 6 heteroatoms. The maximum Gasteiger partial charge on any atom is 0.182 e. The molecule has 0 saturated carbocycles. The van der Waals surface area contributed by atoms with Crippen molar-refractivity contribution >= 4 is 0 Å². The smallest absolute Gasteiger partial charge is 0.182 e. The summed E-state index contributed by atoms with van der Waals surface area (Å²) >= 11 is 0. The average molecular weight is 233 g/mol. The van der Waals surface area contributed by atoms with E-state index >= 15 is 0 Å². The molecule has 17 heavy (non-hydrogen) atoms. The Morgan fingerprint density at radius 2 is 2.29 bits per heavy atom. The molecule has 0 fully saturated rings. The van der Waals surface area contributed by atoms with Crippen LogP contribution in [0.2, 0.25) is 0 Å². The predicted molar refractivity (Wildman–Crippen MR) is 59.6 cm³/mol. The second kappa shape index (κ2) is 3.89. The van der Waals surface area contributed by atoms with Gasteiger partial charge in [0.05, 0.1) is 12.7 Å². The Bertz CT molecular complexity index is 533. The fraction of sp³-hybridized carbons (Fsp3) is 0.364. The van der Waals surface area contributed by atoms with Crippen LogP contribution in [0.25, 0.3) is 11.5 Å². The molecule has 0 spiro atoms. The Kier molecular flexibility index (Phi) is 2.36. The first-order valence-electron chi connectivity index (χ1n) is 5.52. The first-order valence-corrected chi connectivity index (χ1v) is 5.52. The fourth-order valence-electron chi connectivity index (χ4n) is 2.07. The highest BCUT2D eigenvalue weighted by Gasteiger charge is 2.22. The summed E-state index contributed by atoms with van der Waals surface area (Å²) in [6.07, 6.45) is 1.20. The van der Waals surface area contributed by atoms with Gasteiger partial charge >= 0.3 is 0 Å². The molecule has 1 unspecified atom stereocenters. The second-order valence-corrected chi connectivity index (χ2v) is 4.15. The molecule has 0 amide bonds.